The predicted octanol–water partition coefficient (Wildman–Crippen LogP) is 4.36. The highest BCUT2D eigenvalue weighted by Crippen LogP contribution is 2.19. The SMILES string of the molecule is CSc1ccc(/C=C/C(=O)O[C@H](C)C(=O)NCCC2=CCCCC2)cc1. The largest absolute Gasteiger partial charge is 0.449 e. The van der Waals surface area contributed by atoms with Crippen LogP contribution in [0.4, 0.5) is 0 Å². The molecule has 1 N–H and O–H groups in total. The minimum Gasteiger partial charge on any atom is -0.449 e. The number of ether oxygens (including phenoxy) is 1. The average Bonchev–Trinajstić information content (AvgIpc) is 2.67. The number of thioether (sulfide) groups is 1. The molecule has 1 aromatic rings. The molecule has 2 rings (SSSR count). The maximum atomic E-state index is 12.0. The van der Waals surface area contributed by atoms with E-state index in [1.165, 1.54) is 29.4 Å². The van der Waals surface area contributed by atoms with Gasteiger partial charge in [-0.05, 0) is 69.1 Å². The Morgan fingerprint density at radius 1 is 1.27 bits per heavy atom. The van der Waals surface area contributed by atoms with Crippen LogP contribution in [0.15, 0.2) is 46.9 Å². The Balaban J connectivity index is 1.71. The molecule has 26 heavy (non-hydrogen) atoms. The monoisotopic (exact) mass is 373 g/mol. The minimum atomic E-state index is -0.800. The first-order valence-electron chi connectivity index (χ1n) is 9.07. The van der Waals surface area contributed by atoms with Crippen LogP contribution in [0.5, 0.6) is 0 Å². The summed E-state index contributed by atoms with van der Waals surface area (Å²) in [5.41, 5.74) is 2.33. The lowest BCUT2D eigenvalue weighted by molar-refractivity contribution is -0.150. The molecule has 5 heteroatoms. The Bertz CT molecular complexity index is 664. The van der Waals surface area contributed by atoms with Gasteiger partial charge in [0.25, 0.3) is 5.91 Å². The van der Waals surface area contributed by atoms with Crippen LogP contribution in [0.2, 0.25) is 0 Å². The van der Waals surface area contributed by atoms with E-state index in [0.717, 1.165) is 24.8 Å². The number of hydrogen-bond donors (Lipinski definition) is 1. The summed E-state index contributed by atoms with van der Waals surface area (Å²) in [6.45, 7) is 2.18. The fraction of sp³-hybridized carbons (Fsp3) is 0.429. The van der Waals surface area contributed by atoms with Gasteiger partial charge < -0.3 is 10.1 Å². The lowest BCUT2D eigenvalue weighted by Crippen LogP contribution is -2.36. The molecule has 1 aromatic carbocycles. The third-order valence-electron chi connectivity index (χ3n) is 4.32. The highest BCUT2D eigenvalue weighted by atomic mass is 32.2. The van der Waals surface area contributed by atoms with Crippen molar-refractivity contribution in [3.8, 4) is 0 Å². The van der Waals surface area contributed by atoms with Gasteiger partial charge in [0.15, 0.2) is 6.10 Å². The standard InChI is InChI=1S/C21H27NO3S/c1-16(21(24)22-15-14-17-6-4-3-5-7-17)25-20(23)13-10-18-8-11-19(26-2)12-9-18/h6,8-13,16H,3-5,7,14-15H2,1-2H3,(H,22,24)/b13-10+/t16-/m1/s1. The average molecular weight is 374 g/mol. The van der Waals surface area contributed by atoms with E-state index in [2.05, 4.69) is 11.4 Å². The number of esters is 1. The van der Waals surface area contributed by atoms with Gasteiger partial charge >= 0.3 is 5.97 Å². The van der Waals surface area contributed by atoms with Gasteiger partial charge in [-0.1, -0.05) is 23.8 Å². The zero-order valence-electron chi connectivity index (χ0n) is 15.5. The highest BCUT2D eigenvalue weighted by molar-refractivity contribution is 7.98. The Kier molecular flexibility index (Phi) is 8.48. The minimum absolute atomic E-state index is 0.257. The number of carbonyl (C=O) groups is 2. The predicted molar refractivity (Wildman–Crippen MR) is 107 cm³/mol. The second-order valence-electron chi connectivity index (χ2n) is 6.33. The smallest absolute Gasteiger partial charge is 0.331 e. The number of benzene rings is 1. The lowest BCUT2D eigenvalue weighted by atomic mass is 9.97. The number of allylic oxidation sites excluding steroid dienone is 1. The first kappa shape index (κ1) is 20.3. The van der Waals surface area contributed by atoms with Gasteiger partial charge in [0.1, 0.15) is 0 Å². The molecular formula is C21H27NO3S. The van der Waals surface area contributed by atoms with E-state index in [4.69, 9.17) is 4.74 Å². The van der Waals surface area contributed by atoms with Crippen molar-refractivity contribution in [1.29, 1.82) is 0 Å². The van der Waals surface area contributed by atoms with Gasteiger partial charge in [0.05, 0.1) is 0 Å². The van der Waals surface area contributed by atoms with Crippen molar-refractivity contribution in [2.24, 2.45) is 0 Å². The van der Waals surface area contributed by atoms with E-state index in [1.54, 1.807) is 24.8 Å². The molecule has 1 amide bonds. The second-order valence-corrected chi connectivity index (χ2v) is 7.21. The summed E-state index contributed by atoms with van der Waals surface area (Å²) >= 11 is 1.67. The van der Waals surface area contributed by atoms with Crippen LogP contribution in [-0.2, 0) is 14.3 Å². The van der Waals surface area contributed by atoms with Crippen LogP contribution < -0.4 is 5.32 Å². The van der Waals surface area contributed by atoms with Crippen LogP contribution in [0.1, 0.15) is 44.6 Å². The number of hydrogen-bond acceptors (Lipinski definition) is 4. The summed E-state index contributed by atoms with van der Waals surface area (Å²) in [7, 11) is 0. The van der Waals surface area contributed by atoms with Gasteiger partial charge in [-0.15, -0.1) is 11.8 Å². The normalized spacial score (nSPS) is 15.4. The van der Waals surface area contributed by atoms with Gasteiger partial charge in [0, 0.05) is 17.5 Å². The molecule has 0 bridgehead atoms. The Hall–Kier alpha value is -2.01. The van der Waals surface area contributed by atoms with E-state index in [9.17, 15) is 9.59 Å². The molecule has 0 saturated carbocycles. The van der Waals surface area contributed by atoms with Gasteiger partial charge in [-0.3, -0.25) is 4.79 Å². The molecule has 0 aromatic heterocycles. The van der Waals surface area contributed by atoms with Crippen molar-refractivity contribution >= 4 is 29.7 Å². The molecule has 0 unspecified atom stereocenters. The summed E-state index contributed by atoms with van der Waals surface area (Å²) in [6.07, 6.45) is 12.2. The molecule has 0 aliphatic heterocycles. The Morgan fingerprint density at radius 2 is 2.04 bits per heavy atom. The van der Waals surface area contributed by atoms with Crippen LogP contribution in [0, 0.1) is 0 Å². The van der Waals surface area contributed by atoms with Crippen molar-refractivity contribution in [2.45, 2.75) is 50.0 Å². The molecule has 0 radical (unpaired) electrons. The molecule has 140 valence electrons. The summed E-state index contributed by atoms with van der Waals surface area (Å²) in [4.78, 5) is 25.1. The van der Waals surface area contributed by atoms with Crippen molar-refractivity contribution in [3.63, 3.8) is 0 Å². The van der Waals surface area contributed by atoms with Crippen molar-refractivity contribution in [3.05, 3.63) is 47.6 Å². The molecule has 1 aliphatic rings. The molecule has 0 fully saturated rings. The number of carbonyl (C=O) groups excluding carboxylic acids is 2. The van der Waals surface area contributed by atoms with Gasteiger partial charge in [-0.25, -0.2) is 4.79 Å². The molecule has 0 saturated heterocycles. The van der Waals surface area contributed by atoms with Crippen molar-refractivity contribution < 1.29 is 14.3 Å². The van der Waals surface area contributed by atoms with Crippen LogP contribution in [0.25, 0.3) is 6.08 Å². The van der Waals surface area contributed by atoms with Crippen LogP contribution in [0.3, 0.4) is 0 Å². The van der Waals surface area contributed by atoms with E-state index < -0.39 is 12.1 Å². The Labute approximate surface area is 160 Å². The van der Waals surface area contributed by atoms with Crippen LogP contribution in [-0.4, -0.2) is 30.8 Å². The maximum Gasteiger partial charge on any atom is 0.331 e. The van der Waals surface area contributed by atoms with Crippen molar-refractivity contribution in [1.82, 2.24) is 5.32 Å². The highest BCUT2D eigenvalue weighted by Gasteiger charge is 2.16. The van der Waals surface area contributed by atoms with E-state index >= 15 is 0 Å². The van der Waals surface area contributed by atoms with Gasteiger partial charge in [-0.2, -0.15) is 0 Å². The van der Waals surface area contributed by atoms with E-state index in [1.807, 2.05) is 30.5 Å². The van der Waals surface area contributed by atoms with Gasteiger partial charge in [0.2, 0.25) is 0 Å². The first-order chi connectivity index (χ1) is 12.6. The fourth-order valence-electron chi connectivity index (χ4n) is 2.77. The lowest BCUT2D eigenvalue weighted by Gasteiger charge is -2.15. The van der Waals surface area contributed by atoms with E-state index in [-0.39, 0.29) is 5.91 Å². The van der Waals surface area contributed by atoms with E-state index in [0.29, 0.717) is 6.54 Å². The molecule has 0 spiro atoms. The molecule has 4 nitrogen and oxygen atoms in total. The molecule has 1 aliphatic carbocycles. The molecule has 0 heterocycles. The van der Waals surface area contributed by atoms with Crippen molar-refractivity contribution in [2.75, 3.05) is 12.8 Å². The zero-order valence-corrected chi connectivity index (χ0v) is 16.3. The number of nitrogens with one attached hydrogen (secondary N) is 1. The summed E-state index contributed by atoms with van der Waals surface area (Å²) in [5, 5.41) is 2.84. The third-order valence-corrected chi connectivity index (χ3v) is 5.06. The second kappa shape index (κ2) is 10.9. The molecule has 1 atom stereocenters. The maximum absolute atomic E-state index is 12.0. The fourth-order valence-corrected chi connectivity index (χ4v) is 3.18. The zero-order chi connectivity index (χ0) is 18.8. The summed E-state index contributed by atoms with van der Waals surface area (Å²) in [6, 6.07) is 7.86. The summed E-state index contributed by atoms with van der Waals surface area (Å²) in [5.74, 6) is -0.774. The number of rotatable bonds is 8. The summed E-state index contributed by atoms with van der Waals surface area (Å²) < 4.78 is 5.16. The van der Waals surface area contributed by atoms with Crippen LogP contribution >= 0.6 is 11.8 Å². The number of amides is 1. The quantitative estimate of drug-likeness (QED) is 0.318. The third kappa shape index (κ3) is 7.08. The topological polar surface area (TPSA) is 55.4 Å². The first-order valence-corrected chi connectivity index (χ1v) is 10.3. The molecular weight excluding hydrogens is 346 g/mol. The Morgan fingerprint density at radius 3 is 2.69 bits per heavy atom.